The van der Waals surface area contributed by atoms with Crippen LogP contribution in [0.1, 0.15) is 70.6 Å². The normalized spacial score (nSPS) is 28.5. The molecule has 2 rings (SSSR count). The number of nitrogens with one attached hydrogen (secondary N) is 1. The molecule has 2 fully saturated rings. The van der Waals surface area contributed by atoms with Gasteiger partial charge in [0.25, 0.3) is 0 Å². The van der Waals surface area contributed by atoms with Crippen LogP contribution in [-0.4, -0.2) is 35.1 Å². The van der Waals surface area contributed by atoms with Crippen LogP contribution in [0.3, 0.4) is 0 Å². The molecule has 2 aliphatic rings. The van der Waals surface area contributed by atoms with E-state index in [4.69, 9.17) is 0 Å². The van der Waals surface area contributed by atoms with E-state index in [0.29, 0.717) is 0 Å². The van der Waals surface area contributed by atoms with Crippen LogP contribution in [0.25, 0.3) is 0 Å². The molecule has 0 spiro atoms. The molecule has 1 N–H and O–H groups in total. The molecular formula is C17H33NS2. The van der Waals surface area contributed by atoms with Gasteiger partial charge in [0.15, 0.2) is 0 Å². The Balaban J connectivity index is 1.65. The summed E-state index contributed by atoms with van der Waals surface area (Å²) in [7, 11) is 0. The van der Waals surface area contributed by atoms with Crippen molar-refractivity contribution in [2.24, 2.45) is 0 Å². The lowest BCUT2D eigenvalue weighted by atomic mass is 9.98. The molecule has 1 nitrogen and oxygen atoms in total. The fraction of sp³-hybridized carbons (Fsp3) is 1.00. The van der Waals surface area contributed by atoms with E-state index < -0.39 is 0 Å². The zero-order chi connectivity index (χ0) is 13.9. The van der Waals surface area contributed by atoms with E-state index in [-0.39, 0.29) is 0 Å². The number of rotatable bonds is 3. The van der Waals surface area contributed by atoms with Crippen molar-refractivity contribution in [1.82, 2.24) is 5.32 Å². The van der Waals surface area contributed by atoms with Gasteiger partial charge in [0, 0.05) is 35.1 Å². The van der Waals surface area contributed by atoms with E-state index in [2.05, 4.69) is 28.8 Å². The molecule has 3 heteroatoms. The molecule has 1 saturated heterocycles. The summed E-state index contributed by atoms with van der Waals surface area (Å²) in [5.74, 6) is 4.09. The Labute approximate surface area is 134 Å². The van der Waals surface area contributed by atoms with E-state index in [9.17, 15) is 0 Å². The fourth-order valence-corrected chi connectivity index (χ4v) is 5.94. The quantitative estimate of drug-likeness (QED) is 0.778. The van der Waals surface area contributed by atoms with Crippen molar-refractivity contribution < 1.29 is 0 Å². The first-order chi connectivity index (χ1) is 9.95. The highest BCUT2D eigenvalue weighted by Crippen LogP contribution is 2.24. The highest BCUT2D eigenvalue weighted by atomic mass is 32.2. The minimum absolute atomic E-state index is 0.807. The van der Waals surface area contributed by atoms with Crippen LogP contribution in [0.2, 0.25) is 0 Å². The average molecular weight is 316 g/mol. The standard InChI is InChI=1S/C17H33NS2/c1-2-4-6-8-10-16(11-9-7-5-3-1)18-14-17-15-19-12-13-20-17/h16-18H,1-15H2. The van der Waals surface area contributed by atoms with Crippen LogP contribution < -0.4 is 5.32 Å². The van der Waals surface area contributed by atoms with Gasteiger partial charge in [-0.3, -0.25) is 0 Å². The highest BCUT2D eigenvalue weighted by Gasteiger charge is 2.16. The largest absolute Gasteiger partial charge is 0.313 e. The van der Waals surface area contributed by atoms with Gasteiger partial charge < -0.3 is 5.32 Å². The second kappa shape index (κ2) is 11.3. The average Bonchev–Trinajstić information content (AvgIpc) is 2.48. The number of hydrogen-bond acceptors (Lipinski definition) is 3. The van der Waals surface area contributed by atoms with E-state index in [1.807, 2.05) is 0 Å². The van der Waals surface area contributed by atoms with E-state index in [1.54, 1.807) is 0 Å². The van der Waals surface area contributed by atoms with E-state index >= 15 is 0 Å². The maximum absolute atomic E-state index is 3.91. The molecule has 1 heterocycles. The van der Waals surface area contributed by atoms with Crippen molar-refractivity contribution in [1.29, 1.82) is 0 Å². The zero-order valence-electron chi connectivity index (χ0n) is 13.1. The molecule has 1 unspecified atom stereocenters. The van der Waals surface area contributed by atoms with Gasteiger partial charge in [0.1, 0.15) is 0 Å². The lowest BCUT2D eigenvalue weighted by Crippen LogP contribution is -2.36. The van der Waals surface area contributed by atoms with Gasteiger partial charge in [-0.25, -0.2) is 0 Å². The second-order valence-corrected chi connectivity index (χ2v) is 8.99. The van der Waals surface area contributed by atoms with Crippen LogP contribution in [-0.2, 0) is 0 Å². The van der Waals surface area contributed by atoms with Gasteiger partial charge in [0.05, 0.1) is 0 Å². The Morgan fingerprint density at radius 3 is 1.90 bits per heavy atom. The molecule has 1 saturated carbocycles. The number of thioether (sulfide) groups is 2. The van der Waals surface area contributed by atoms with Crippen LogP contribution in [0.4, 0.5) is 0 Å². The number of hydrogen-bond donors (Lipinski definition) is 1. The summed E-state index contributed by atoms with van der Waals surface area (Å²) < 4.78 is 0. The van der Waals surface area contributed by atoms with E-state index in [1.165, 1.54) is 94.4 Å². The van der Waals surface area contributed by atoms with E-state index in [0.717, 1.165) is 11.3 Å². The van der Waals surface area contributed by atoms with Crippen molar-refractivity contribution in [3.05, 3.63) is 0 Å². The van der Waals surface area contributed by atoms with Crippen LogP contribution in [0, 0.1) is 0 Å². The van der Waals surface area contributed by atoms with Crippen molar-refractivity contribution in [2.75, 3.05) is 23.8 Å². The van der Waals surface area contributed by atoms with Gasteiger partial charge in [-0.2, -0.15) is 23.5 Å². The highest BCUT2D eigenvalue weighted by molar-refractivity contribution is 8.06. The first kappa shape index (κ1) is 17.0. The molecule has 0 aromatic heterocycles. The summed E-state index contributed by atoms with van der Waals surface area (Å²) >= 11 is 4.34. The Kier molecular flexibility index (Phi) is 9.58. The van der Waals surface area contributed by atoms with Crippen molar-refractivity contribution in [2.45, 2.75) is 81.9 Å². The monoisotopic (exact) mass is 315 g/mol. The zero-order valence-corrected chi connectivity index (χ0v) is 14.7. The summed E-state index contributed by atoms with van der Waals surface area (Å²) in [6, 6.07) is 0.807. The Bertz CT molecular complexity index is 217. The van der Waals surface area contributed by atoms with Crippen molar-refractivity contribution in [3.63, 3.8) is 0 Å². The minimum atomic E-state index is 0.807. The Morgan fingerprint density at radius 1 is 0.750 bits per heavy atom. The lowest BCUT2D eigenvalue weighted by Gasteiger charge is -2.25. The fourth-order valence-electron chi connectivity index (χ4n) is 3.32. The second-order valence-electron chi connectivity index (χ2n) is 6.43. The van der Waals surface area contributed by atoms with Gasteiger partial charge in [-0.05, 0) is 12.8 Å². The molecule has 20 heavy (non-hydrogen) atoms. The Hall–Kier alpha value is 0.660. The summed E-state index contributed by atoms with van der Waals surface area (Å²) in [4.78, 5) is 0. The molecule has 1 atom stereocenters. The summed E-state index contributed by atoms with van der Waals surface area (Å²) in [5.41, 5.74) is 0. The van der Waals surface area contributed by atoms with Crippen molar-refractivity contribution in [3.8, 4) is 0 Å². The van der Waals surface area contributed by atoms with Crippen LogP contribution >= 0.6 is 23.5 Å². The van der Waals surface area contributed by atoms with Gasteiger partial charge in [-0.1, -0.05) is 57.8 Å². The smallest absolute Gasteiger partial charge is 0.0263 e. The molecule has 0 radical (unpaired) electrons. The molecule has 118 valence electrons. The maximum atomic E-state index is 3.91. The molecule has 0 aromatic rings. The third-order valence-electron chi connectivity index (χ3n) is 4.62. The van der Waals surface area contributed by atoms with Gasteiger partial charge >= 0.3 is 0 Å². The first-order valence-electron chi connectivity index (χ1n) is 8.88. The van der Waals surface area contributed by atoms with Crippen LogP contribution in [0.5, 0.6) is 0 Å². The topological polar surface area (TPSA) is 12.0 Å². The summed E-state index contributed by atoms with van der Waals surface area (Å²) in [6.45, 7) is 1.25. The first-order valence-corrected chi connectivity index (χ1v) is 11.1. The maximum Gasteiger partial charge on any atom is 0.0263 e. The molecule has 1 aliphatic heterocycles. The predicted octanol–water partition coefficient (Wildman–Crippen LogP) is 5.10. The summed E-state index contributed by atoms with van der Waals surface area (Å²) in [5, 5.41) is 4.78. The Morgan fingerprint density at radius 2 is 1.35 bits per heavy atom. The van der Waals surface area contributed by atoms with Gasteiger partial charge in [-0.15, -0.1) is 0 Å². The SMILES string of the molecule is C1CCCCCC(NCC2CSCCS2)CCCCC1. The molecule has 0 aromatic carbocycles. The summed E-state index contributed by atoms with van der Waals surface area (Å²) in [6.07, 6.45) is 16.1. The van der Waals surface area contributed by atoms with Crippen LogP contribution in [0.15, 0.2) is 0 Å². The third kappa shape index (κ3) is 7.61. The van der Waals surface area contributed by atoms with Crippen molar-refractivity contribution >= 4 is 23.5 Å². The molecule has 0 amide bonds. The molecule has 1 aliphatic carbocycles. The van der Waals surface area contributed by atoms with Gasteiger partial charge in [0.2, 0.25) is 0 Å². The third-order valence-corrected chi connectivity index (χ3v) is 7.47. The predicted molar refractivity (Wildman–Crippen MR) is 96.1 cm³/mol. The molecular weight excluding hydrogens is 282 g/mol. The minimum Gasteiger partial charge on any atom is -0.313 e. The molecule has 0 bridgehead atoms. The lowest BCUT2D eigenvalue weighted by molar-refractivity contribution is 0.406.